The van der Waals surface area contributed by atoms with Crippen LogP contribution in [0.25, 0.3) is 0 Å². The van der Waals surface area contributed by atoms with Crippen molar-refractivity contribution in [2.45, 2.75) is 24.6 Å². The van der Waals surface area contributed by atoms with Gasteiger partial charge in [-0.05, 0) is 38.1 Å². The van der Waals surface area contributed by atoms with Gasteiger partial charge in [-0.2, -0.15) is 0 Å². The molecule has 0 radical (unpaired) electrons. The van der Waals surface area contributed by atoms with Crippen molar-refractivity contribution in [1.82, 2.24) is 0 Å². The third kappa shape index (κ3) is 3.65. The Balaban J connectivity index is 1.80. The molecule has 1 aliphatic rings. The number of amides is 1. The first kappa shape index (κ1) is 16.9. The van der Waals surface area contributed by atoms with Crippen LogP contribution in [0.4, 0.5) is 5.69 Å². The first-order valence-corrected chi connectivity index (χ1v) is 7.62. The second-order valence-corrected chi connectivity index (χ2v) is 6.78. The number of anilines is 1. The first-order valence-electron chi connectivity index (χ1n) is 6.86. The zero-order chi connectivity index (χ0) is 16.4. The molecule has 1 aliphatic carbocycles. The molecule has 5 nitrogen and oxygen atoms in total. The SMILES string of the molecule is CCOc1ccc(NC(=O)COC(=O)[C@]2(C)CC2(Cl)Cl)cc1. The average Bonchev–Trinajstić information content (AvgIpc) is 2.99. The summed E-state index contributed by atoms with van der Waals surface area (Å²) in [5, 5.41) is 2.62. The van der Waals surface area contributed by atoms with Gasteiger partial charge in [0, 0.05) is 12.1 Å². The van der Waals surface area contributed by atoms with Crippen molar-refractivity contribution in [3.05, 3.63) is 24.3 Å². The summed E-state index contributed by atoms with van der Waals surface area (Å²) in [5.74, 6) is -0.287. The minimum absolute atomic E-state index is 0.322. The molecule has 7 heteroatoms. The van der Waals surface area contributed by atoms with Crippen LogP contribution in [0.1, 0.15) is 20.3 Å². The zero-order valence-electron chi connectivity index (χ0n) is 12.3. The lowest BCUT2D eigenvalue weighted by atomic mass is 10.1. The highest BCUT2D eigenvalue weighted by molar-refractivity contribution is 6.53. The Morgan fingerprint density at radius 2 is 1.86 bits per heavy atom. The number of nitrogens with one attached hydrogen (secondary N) is 1. The molecule has 0 bridgehead atoms. The highest BCUT2D eigenvalue weighted by Crippen LogP contribution is 2.64. The second kappa shape index (κ2) is 6.34. The fourth-order valence-corrected chi connectivity index (χ4v) is 2.60. The molecule has 0 spiro atoms. The monoisotopic (exact) mass is 345 g/mol. The number of halogens is 2. The maximum Gasteiger partial charge on any atom is 0.315 e. The highest BCUT2D eigenvalue weighted by Gasteiger charge is 2.69. The van der Waals surface area contributed by atoms with E-state index in [1.807, 2.05) is 6.92 Å². The standard InChI is InChI=1S/C15H17Cl2NO4/c1-3-21-11-6-4-10(5-7-11)18-12(19)8-22-13(20)14(2)9-15(14,16)17/h4-7H,3,8-9H2,1-2H3,(H,18,19)/t14-/m0/s1. The molecule has 1 amide bonds. The third-order valence-electron chi connectivity index (χ3n) is 3.49. The maximum atomic E-state index is 11.8. The van der Waals surface area contributed by atoms with Gasteiger partial charge in [-0.3, -0.25) is 9.59 Å². The van der Waals surface area contributed by atoms with Crippen molar-refractivity contribution in [2.24, 2.45) is 5.41 Å². The van der Waals surface area contributed by atoms with Crippen LogP contribution >= 0.6 is 23.2 Å². The summed E-state index contributed by atoms with van der Waals surface area (Å²) in [6.45, 7) is 3.69. The van der Waals surface area contributed by atoms with E-state index in [4.69, 9.17) is 32.7 Å². The number of benzene rings is 1. The van der Waals surface area contributed by atoms with Gasteiger partial charge in [0.2, 0.25) is 0 Å². The lowest BCUT2D eigenvalue weighted by Crippen LogP contribution is -2.26. The number of ether oxygens (including phenoxy) is 2. The molecule has 1 atom stereocenters. The molecule has 1 fully saturated rings. The van der Waals surface area contributed by atoms with E-state index in [0.717, 1.165) is 0 Å². The molecule has 1 aromatic rings. The fraction of sp³-hybridized carbons (Fsp3) is 0.467. The Labute approximate surface area is 138 Å². The van der Waals surface area contributed by atoms with Gasteiger partial charge in [-0.1, -0.05) is 0 Å². The van der Waals surface area contributed by atoms with Gasteiger partial charge in [-0.15, -0.1) is 23.2 Å². The summed E-state index contributed by atoms with van der Waals surface area (Å²) in [5.41, 5.74) is -0.346. The molecule has 0 unspecified atom stereocenters. The number of alkyl halides is 2. The van der Waals surface area contributed by atoms with Gasteiger partial charge in [0.05, 0.1) is 6.61 Å². The topological polar surface area (TPSA) is 64.6 Å². The van der Waals surface area contributed by atoms with E-state index in [2.05, 4.69) is 5.32 Å². The lowest BCUT2D eigenvalue weighted by molar-refractivity contribution is -0.152. The van der Waals surface area contributed by atoms with Gasteiger partial charge >= 0.3 is 5.97 Å². The predicted octanol–water partition coefficient (Wildman–Crippen LogP) is 3.15. The molecule has 1 saturated carbocycles. The molecule has 1 N–H and O–H groups in total. The van der Waals surface area contributed by atoms with E-state index in [1.165, 1.54) is 0 Å². The smallest absolute Gasteiger partial charge is 0.315 e. The van der Waals surface area contributed by atoms with Crippen LogP contribution < -0.4 is 10.1 Å². The quantitative estimate of drug-likeness (QED) is 0.635. The first-order chi connectivity index (χ1) is 10.3. The predicted molar refractivity (Wildman–Crippen MR) is 84.4 cm³/mol. The minimum atomic E-state index is -1.10. The van der Waals surface area contributed by atoms with Crippen LogP contribution in [0.5, 0.6) is 5.75 Å². The summed E-state index contributed by atoms with van der Waals surface area (Å²) in [6.07, 6.45) is 0.322. The maximum absolute atomic E-state index is 11.8. The van der Waals surface area contributed by atoms with E-state index in [0.29, 0.717) is 24.5 Å². The van der Waals surface area contributed by atoms with Gasteiger partial charge in [0.15, 0.2) is 6.61 Å². The van der Waals surface area contributed by atoms with Crippen LogP contribution in [0.15, 0.2) is 24.3 Å². The van der Waals surface area contributed by atoms with E-state index in [-0.39, 0.29) is 6.61 Å². The van der Waals surface area contributed by atoms with Crippen LogP contribution in [0.3, 0.4) is 0 Å². The Morgan fingerprint density at radius 1 is 1.27 bits per heavy atom. The van der Waals surface area contributed by atoms with Gasteiger partial charge in [0.1, 0.15) is 15.5 Å². The fourth-order valence-electron chi connectivity index (χ4n) is 1.91. The van der Waals surface area contributed by atoms with Crippen molar-refractivity contribution < 1.29 is 19.1 Å². The number of hydrogen-bond donors (Lipinski definition) is 1. The Hall–Kier alpha value is -1.46. The van der Waals surface area contributed by atoms with Crippen molar-refractivity contribution in [3.8, 4) is 5.75 Å². The Kier molecular flexibility index (Phi) is 4.87. The normalized spacial score (nSPS) is 21.8. The van der Waals surface area contributed by atoms with Crippen molar-refractivity contribution in [2.75, 3.05) is 18.5 Å². The Bertz CT molecular complexity index is 573. The molecule has 0 heterocycles. The summed E-state index contributed by atoms with van der Waals surface area (Å²) < 4.78 is 9.16. The largest absolute Gasteiger partial charge is 0.494 e. The third-order valence-corrected chi connectivity index (χ3v) is 4.59. The summed E-state index contributed by atoms with van der Waals surface area (Å²) in [4.78, 5) is 23.6. The van der Waals surface area contributed by atoms with E-state index in [1.54, 1.807) is 31.2 Å². The molecule has 22 heavy (non-hydrogen) atoms. The van der Waals surface area contributed by atoms with E-state index in [9.17, 15) is 9.59 Å². The van der Waals surface area contributed by atoms with Crippen LogP contribution in [0.2, 0.25) is 0 Å². The average molecular weight is 346 g/mol. The molecular formula is C15H17Cl2NO4. The number of rotatable bonds is 6. The summed E-state index contributed by atoms with van der Waals surface area (Å²) in [6, 6.07) is 6.89. The molecule has 0 saturated heterocycles. The highest BCUT2D eigenvalue weighted by atomic mass is 35.5. The van der Waals surface area contributed by atoms with Crippen molar-refractivity contribution in [3.63, 3.8) is 0 Å². The molecule has 0 aliphatic heterocycles. The number of carbonyl (C=O) groups is 2. The molecule has 0 aromatic heterocycles. The molecule has 2 rings (SSSR count). The van der Waals surface area contributed by atoms with Crippen molar-refractivity contribution in [1.29, 1.82) is 0 Å². The number of esters is 1. The van der Waals surface area contributed by atoms with E-state index < -0.39 is 21.6 Å². The minimum Gasteiger partial charge on any atom is -0.494 e. The number of carbonyl (C=O) groups excluding carboxylic acids is 2. The van der Waals surface area contributed by atoms with E-state index >= 15 is 0 Å². The molecular weight excluding hydrogens is 329 g/mol. The molecule has 120 valence electrons. The van der Waals surface area contributed by atoms with Gasteiger partial charge in [0.25, 0.3) is 5.91 Å². The molecule has 1 aromatic carbocycles. The zero-order valence-corrected chi connectivity index (χ0v) is 13.8. The summed E-state index contributed by atoms with van der Waals surface area (Å²) in [7, 11) is 0. The van der Waals surface area contributed by atoms with Crippen LogP contribution in [0, 0.1) is 5.41 Å². The van der Waals surface area contributed by atoms with Crippen LogP contribution in [-0.4, -0.2) is 29.4 Å². The van der Waals surface area contributed by atoms with Crippen LogP contribution in [-0.2, 0) is 14.3 Å². The second-order valence-electron chi connectivity index (χ2n) is 5.30. The lowest BCUT2D eigenvalue weighted by Gasteiger charge is -2.12. The summed E-state index contributed by atoms with van der Waals surface area (Å²) >= 11 is 11.8. The Morgan fingerprint density at radius 3 is 2.36 bits per heavy atom. The van der Waals surface area contributed by atoms with Crippen molar-refractivity contribution >= 4 is 40.8 Å². The van der Waals surface area contributed by atoms with Gasteiger partial charge < -0.3 is 14.8 Å². The number of hydrogen-bond acceptors (Lipinski definition) is 4. The van der Waals surface area contributed by atoms with Gasteiger partial charge in [-0.25, -0.2) is 0 Å².